The van der Waals surface area contributed by atoms with E-state index in [1.54, 1.807) is 0 Å². The van der Waals surface area contributed by atoms with Gasteiger partial charge in [-0.05, 0) is 19.3 Å². The number of unbranched alkanes of at least 4 members (excludes halogenated alkanes) is 1. The van der Waals surface area contributed by atoms with Crippen LogP contribution in [0.25, 0.3) is 0 Å². The lowest BCUT2D eigenvalue weighted by molar-refractivity contribution is -0.137. The van der Waals surface area contributed by atoms with Crippen LogP contribution in [0.15, 0.2) is 0 Å². The van der Waals surface area contributed by atoms with Crippen molar-refractivity contribution >= 4 is 15.7 Å². The predicted octanol–water partition coefficient (Wildman–Crippen LogP) is 2.24. The Morgan fingerprint density at radius 1 is 1.32 bits per heavy atom. The number of sulfone groups is 1. The van der Waals surface area contributed by atoms with Crippen LogP contribution in [0.1, 0.15) is 52.9 Å². The fraction of sp³-hybridized carbons (Fsp3) is 0.929. The molecule has 2 atom stereocenters. The van der Waals surface area contributed by atoms with Crippen LogP contribution in [0.5, 0.6) is 0 Å². The van der Waals surface area contributed by atoms with Gasteiger partial charge in [-0.3, -0.25) is 4.79 Å². The minimum absolute atomic E-state index is 0.00478. The van der Waals surface area contributed by atoms with Crippen LogP contribution >= 0.6 is 0 Å². The molecule has 0 saturated carbocycles. The molecule has 0 spiro atoms. The second kappa shape index (κ2) is 7.27. The van der Waals surface area contributed by atoms with Crippen molar-refractivity contribution in [3.05, 3.63) is 0 Å². The van der Waals surface area contributed by atoms with Gasteiger partial charge in [0.2, 0.25) is 5.91 Å². The molecule has 1 rings (SSSR count). The fourth-order valence-electron chi connectivity index (χ4n) is 2.66. The van der Waals surface area contributed by atoms with Crippen molar-refractivity contribution in [2.24, 2.45) is 5.92 Å². The first-order valence-corrected chi connectivity index (χ1v) is 9.24. The third kappa shape index (κ3) is 4.79. The third-order valence-corrected chi connectivity index (χ3v) is 5.58. The molecule has 112 valence electrons. The van der Waals surface area contributed by atoms with Gasteiger partial charge < -0.3 is 4.90 Å². The first-order valence-electron chi connectivity index (χ1n) is 7.42. The van der Waals surface area contributed by atoms with Crippen LogP contribution in [-0.2, 0) is 14.6 Å². The Morgan fingerprint density at radius 2 is 2.00 bits per heavy atom. The van der Waals surface area contributed by atoms with E-state index < -0.39 is 9.84 Å². The van der Waals surface area contributed by atoms with Crippen molar-refractivity contribution in [1.82, 2.24) is 4.90 Å². The predicted molar refractivity (Wildman–Crippen MR) is 77.8 cm³/mol. The number of amides is 1. The van der Waals surface area contributed by atoms with Crippen LogP contribution < -0.4 is 0 Å². The highest BCUT2D eigenvalue weighted by Gasteiger charge is 2.35. The van der Waals surface area contributed by atoms with E-state index in [-0.39, 0.29) is 29.4 Å². The van der Waals surface area contributed by atoms with Gasteiger partial charge in [0.25, 0.3) is 0 Å². The second-order valence-corrected chi connectivity index (χ2v) is 7.86. The summed E-state index contributed by atoms with van der Waals surface area (Å²) >= 11 is 0. The van der Waals surface area contributed by atoms with Gasteiger partial charge in [-0.2, -0.15) is 0 Å². The number of hydrogen-bond donors (Lipinski definition) is 0. The normalized spacial score (nSPS) is 23.2. The Morgan fingerprint density at radius 3 is 2.47 bits per heavy atom. The summed E-state index contributed by atoms with van der Waals surface area (Å²) < 4.78 is 23.2. The van der Waals surface area contributed by atoms with Crippen molar-refractivity contribution in [1.29, 1.82) is 0 Å². The molecule has 2 unspecified atom stereocenters. The Hall–Kier alpha value is -0.580. The molecule has 19 heavy (non-hydrogen) atoms. The summed E-state index contributed by atoms with van der Waals surface area (Å²) in [6.07, 6.45) is 4.43. The highest BCUT2D eigenvalue weighted by Crippen LogP contribution is 2.21. The van der Waals surface area contributed by atoms with Crippen molar-refractivity contribution in [3.8, 4) is 0 Å². The van der Waals surface area contributed by atoms with Crippen molar-refractivity contribution in [2.75, 3.05) is 18.1 Å². The highest BCUT2D eigenvalue weighted by atomic mass is 32.2. The first-order chi connectivity index (χ1) is 8.91. The molecule has 1 amide bonds. The summed E-state index contributed by atoms with van der Waals surface area (Å²) in [7, 11) is -2.93. The molecule has 5 heteroatoms. The van der Waals surface area contributed by atoms with Gasteiger partial charge >= 0.3 is 0 Å². The van der Waals surface area contributed by atoms with Gasteiger partial charge in [-0.25, -0.2) is 8.42 Å². The maximum Gasteiger partial charge on any atom is 0.225 e. The van der Waals surface area contributed by atoms with Gasteiger partial charge in [0.05, 0.1) is 11.5 Å². The number of carbonyl (C=O) groups excluding carboxylic acids is 1. The zero-order chi connectivity index (χ0) is 14.5. The molecule has 0 aromatic heterocycles. The molecular weight excluding hydrogens is 262 g/mol. The third-order valence-electron chi connectivity index (χ3n) is 3.83. The Balaban J connectivity index is 2.74. The maximum absolute atomic E-state index is 12.5. The quantitative estimate of drug-likeness (QED) is 0.722. The van der Waals surface area contributed by atoms with Crippen LogP contribution in [0.2, 0.25) is 0 Å². The molecule has 0 aromatic rings. The molecule has 1 fully saturated rings. The van der Waals surface area contributed by atoms with Crippen LogP contribution in [0, 0.1) is 5.92 Å². The number of carbonyl (C=O) groups is 1. The molecule has 4 nitrogen and oxygen atoms in total. The minimum atomic E-state index is -2.93. The summed E-state index contributed by atoms with van der Waals surface area (Å²) in [6, 6.07) is -0.0941. The summed E-state index contributed by atoms with van der Waals surface area (Å²) in [4.78, 5) is 14.3. The molecule has 0 bridgehead atoms. The van der Waals surface area contributed by atoms with Crippen molar-refractivity contribution in [3.63, 3.8) is 0 Å². The van der Waals surface area contributed by atoms with E-state index in [2.05, 4.69) is 13.8 Å². The molecule has 1 heterocycles. The summed E-state index contributed by atoms with van der Waals surface area (Å²) in [5, 5.41) is 0. The topological polar surface area (TPSA) is 54.5 Å². The van der Waals surface area contributed by atoms with E-state index in [1.165, 1.54) is 0 Å². The van der Waals surface area contributed by atoms with E-state index in [1.807, 2.05) is 11.8 Å². The van der Waals surface area contributed by atoms with Crippen LogP contribution in [0.4, 0.5) is 0 Å². The van der Waals surface area contributed by atoms with E-state index in [0.29, 0.717) is 13.0 Å². The molecule has 1 aliphatic rings. The Kier molecular flexibility index (Phi) is 6.30. The Bertz CT molecular complexity index is 391. The van der Waals surface area contributed by atoms with E-state index in [4.69, 9.17) is 0 Å². The minimum Gasteiger partial charge on any atom is -0.338 e. The molecule has 0 radical (unpaired) electrons. The van der Waals surface area contributed by atoms with Gasteiger partial charge in [-0.1, -0.05) is 33.6 Å². The maximum atomic E-state index is 12.5. The molecule has 1 aliphatic heterocycles. The Labute approximate surface area is 117 Å². The molecule has 0 aromatic carbocycles. The summed E-state index contributed by atoms with van der Waals surface area (Å²) in [5.41, 5.74) is 0. The highest BCUT2D eigenvalue weighted by molar-refractivity contribution is 7.91. The van der Waals surface area contributed by atoms with Crippen molar-refractivity contribution < 1.29 is 13.2 Å². The second-order valence-electron chi connectivity index (χ2n) is 5.63. The fourth-order valence-corrected chi connectivity index (χ4v) is 4.39. The van der Waals surface area contributed by atoms with Crippen molar-refractivity contribution in [2.45, 2.75) is 58.9 Å². The number of nitrogens with zero attached hydrogens (tertiary/aromatic N) is 1. The monoisotopic (exact) mass is 289 g/mol. The molecule has 0 aliphatic carbocycles. The first kappa shape index (κ1) is 16.5. The zero-order valence-corrected chi connectivity index (χ0v) is 13.2. The van der Waals surface area contributed by atoms with Crippen LogP contribution in [-0.4, -0.2) is 43.3 Å². The van der Waals surface area contributed by atoms with Crippen LogP contribution in [0.3, 0.4) is 0 Å². The lowest BCUT2D eigenvalue weighted by Gasteiger charge is -2.30. The van der Waals surface area contributed by atoms with Gasteiger partial charge in [-0.15, -0.1) is 0 Å². The zero-order valence-electron chi connectivity index (χ0n) is 12.4. The van der Waals surface area contributed by atoms with E-state index in [0.717, 1.165) is 25.7 Å². The number of hydrogen-bond acceptors (Lipinski definition) is 3. The lowest BCUT2D eigenvalue weighted by Crippen LogP contribution is -2.44. The largest absolute Gasteiger partial charge is 0.338 e. The number of rotatable bonds is 7. The van der Waals surface area contributed by atoms with Gasteiger partial charge in [0.15, 0.2) is 9.84 Å². The molecule has 0 N–H and O–H groups in total. The lowest BCUT2D eigenvalue weighted by atomic mass is 10.0. The standard InChI is InChI=1S/C14H27NO3S/c1-4-6-9-15(14(16)12(3)7-5-2)13-8-10-19(17,18)11-13/h12-13H,4-11H2,1-3H3. The summed E-state index contributed by atoms with van der Waals surface area (Å²) in [5.74, 6) is 0.527. The van der Waals surface area contributed by atoms with E-state index >= 15 is 0 Å². The average molecular weight is 289 g/mol. The molecule has 1 saturated heterocycles. The van der Waals surface area contributed by atoms with E-state index in [9.17, 15) is 13.2 Å². The average Bonchev–Trinajstić information content (AvgIpc) is 2.70. The smallest absolute Gasteiger partial charge is 0.225 e. The van der Waals surface area contributed by atoms with Gasteiger partial charge in [0.1, 0.15) is 0 Å². The SMILES string of the molecule is CCCCN(C(=O)C(C)CCC)C1CCS(=O)(=O)C1. The summed E-state index contributed by atoms with van der Waals surface area (Å²) in [6.45, 7) is 6.81. The molecular formula is C14H27NO3S. The van der Waals surface area contributed by atoms with Gasteiger partial charge in [0, 0.05) is 18.5 Å².